The molecule has 0 N–H and O–H groups in total. The Kier molecular flexibility index (Phi) is 4.89. The van der Waals surface area contributed by atoms with Crippen LogP contribution >= 0.6 is 0 Å². The fraction of sp³-hybridized carbons (Fsp3) is 0.217. The van der Waals surface area contributed by atoms with E-state index in [9.17, 15) is 0 Å². The molecule has 3 aromatic rings. The van der Waals surface area contributed by atoms with Crippen LogP contribution in [0.15, 0.2) is 66.7 Å². The van der Waals surface area contributed by atoms with Crippen LogP contribution in [0.4, 0.5) is 0 Å². The van der Waals surface area contributed by atoms with Crippen LogP contribution in [-0.4, -0.2) is 31.7 Å². The van der Waals surface area contributed by atoms with Crippen LogP contribution in [-0.2, 0) is 6.54 Å². The Labute approximate surface area is 154 Å². The fourth-order valence-corrected chi connectivity index (χ4v) is 3.32. The first-order chi connectivity index (χ1) is 12.8. The Morgan fingerprint density at radius 2 is 1.73 bits per heavy atom. The van der Waals surface area contributed by atoms with Crippen LogP contribution in [0.2, 0.25) is 0 Å². The first-order valence-corrected chi connectivity index (χ1v) is 9.01. The van der Waals surface area contributed by atoms with E-state index >= 15 is 0 Å². The van der Waals surface area contributed by atoms with Gasteiger partial charge in [-0.25, -0.2) is 0 Å². The summed E-state index contributed by atoms with van der Waals surface area (Å²) in [5.74, 6) is 1.70. The van der Waals surface area contributed by atoms with E-state index in [1.54, 1.807) is 0 Å². The van der Waals surface area contributed by atoms with Crippen LogP contribution < -0.4 is 9.47 Å². The predicted octanol–water partition coefficient (Wildman–Crippen LogP) is 4.76. The van der Waals surface area contributed by atoms with Gasteiger partial charge in [0.1, 0.15) is 13.2 Å². The number of fused-ring (bicyclic) bond motifs is 2. The minimum atomic E-state index is 0.625. The molecule has 0 saturated carbocycles. The lowest BCUT2D eigenvalue weighted by Gasteiger charge is -2.20. The summed E-state index contributed by atoms with van der Waals surface area (Å²) in [5, 5.41) is 2.57. The summed E-state index contributed by atoms with van der Waals surface area (Å²) in [6.07, 6.45) is 4.43. The molecule has 4 rings (SSSR count). The van der Waals surface area contributed by atoms with Gasteiger partial charge in [-0.3, -0.25) is 4.90 Å². The lowest BCUT2D eigenvalue weighted by molar-refractivity contribution is 0.171. The highest BCUT2D eigenvalue weighted by atomic mass is 16.6. The third-order valence-corrected chi connectivity index (χ3v) is 4.60. The van der Waals surface area contributed by atoms with Crippen molar-refractivity contribution in [3.63, 3.8) is 0 Å². The molecular weight excluding hydrogens is 322 g/mol. The molecule has 0 bridgehead atoms. The molecule has 0 unspecified atom stereocenters. The molecule has 0 radical (unpaired) electrons. The van der Waals surface area contributed by atoms with E-state index in [0.717, 1.165) is 24.6 Å². The lowest BCUT2D eigenvalue weighted by Crippen LogP contribution is -2.19. The van der Waals surface area contributed by atoms with Crippen LogP contribution in [0.3, 0.4) is 0 Å². The van der Waals surface area contributed by atoms with Gasteiger partial charge in [0.15, 0.2) is 11.5 Å². The highest BCUT2D eigenvalue weighted by Crippen LogP contribution is 2.31. The lowest BCUT2D eigenvalue weighted by atomic mass is 10.0. The highest BCUT2D eigenvalue weighted by Gasteiger charge is 2.12. The fourth-order valence-electron chi connectivity index (χ4n) is 3.32. The Hall–Kier alpha value is -2.78. The molecule has 0 fully saturated rings. The van der Waals surface area contributed by atoms with E-state index in [4.69, 9.17) is 9.47 Å². The van der Waals surface area contributed by atoms with Crippen molar-refractivity contribution in [3.8, 4) is 11.5 Å². The Morgan fingerprint density at radius 1 is 0.923 bits per heavy atom. The van der Waals surface area contributed by atoms with Gasteiger partial charge >= 0.3 is 0 Å². The zero-order valence-corrected chi connectivity index (χ0v) is 15.0. The number of hydrogen-bond acceptors (Lipinski definition) is 3. The zero-order chi connectivity index (χ0) is 17.8. The van der Waals surface area contributed by atoms with E-state index in [0.29, 0.717) is 13.2 Å². The molecule has 1 heterocycles. The minimum Gasteiger partial charge on any atom is -0.486 e. The second-order valence-corrected chi connectivity index (χ2v) is 6.65. The van der Waals surface area contributed by atoms with E-state index < -0.39 is 0 Å². The van der Waals surface area contributed by atoms with Crippen LogP contribution in [0, 0.1) is 0 Å². The largest absolute Gasteiger partial charge is 0.486 e. The predicted molar refractivity (Wildman–Crippen MR) is 107 cm³/mol. The van der Waals surface area contributed by atoms with Gasteiger partial charge in [-0.15, -0.1) is 0 Å². The van der Waals surface area contributed by atoms with Gasteiger partial charge in [0.05, 0.1) is 0 Å². The molecule has 0 aromatic heterocycles. The van der Waals surface area contributed by atoms with Gasteiger partial charge in [0, 0.05) is 13.1 Å². The van der Waals surface area contributed by atoms with E-state index in [1.165, 1.54) is 21.9 Å². The third kappa shape index (κ3) is 3.73. The summed E-state index contributed by atoms with van der Waals surface area (Å²) in [5.41, 5.74) is 2.49. The second-order valence-electron chi connectivity index (χ2n) is 6.65. The summed E-state index contributed by atoms with van der Waals surface area (Å²) < 4.78 is 11.3. The normalized spacial score (nSPS) is 13.6. The van der Waals surface area contributed by atoms with E-state index in [-0.39, 0.29) is 0 Å². The molecule has 0 aliphatic carbocycles. The smallest absolute Gasteiger partial charge is 0.161 e. The summed E-state index contributed by atoms with van der Waals surface area (Å²) in [6, 6.07) is 21.1. The van der Waals surface area contributed by atoms with Crippen molar-refractivity contribution in [2.24, 2.45) is 0 Å². The topological polar surface area (TPSA) is 21.7 Å². The van der Waals surface area contributed by atoms with E-state index in [1.807, 2.05) is 6.07 Å². The average Bonchev–Trinajstić information content (AvgIpc) is 2.68. The maximum atomic E-state index is 5.67. The average molecular weight is 345 g/mol. The van der Waals surface area contributed by atoms with Crippen molar-refractivity contribution in [1.82, 2.24) is 4.90 Å². The van der Waals surface area contributed by atoms with Crippen molar-refractivity contribution in [2.45, 2.75) is 6.54 Å². The van der Waals surface area contributed by atoms with Crippen molar-refractivity contribution in [2.75, 3.05) is 26.8 Å². The van der Waals surface area contributed by atoms with Gasteiger partial charge in [-0.05, 0) is 41.1 Å². The molecule has 132 valence electrons. The zero-order valence-electron chi connectivity index (χ0n) is 15.0. The van der Waals surface area contributed by atoms with Crippen LogP contribution in [0.25, 0.3) is 16.8 Å². The number of likely N-dealkylation sites (N-methyl/N-ethyl adjacent to an activating group) is 1. The highest BCUT2D eigenvalue weighted by molar-refractivity contribution is 5.90. The molecule has 0 spiro atoms. The summed E-state index contributed by atoms with van der Waals surface area (Å²) in [7, 11) is 2.13. The second kappa shape index (κ2) is 7.63. The van der Waals surface area contributed by atoms with Crippen molar-refractivity contribution >= 4 is 16.8 Å². The van der Waals surface area contributed by atoms with Crippen molar-refractivity contribution in [1.29, 1.82) is 0 Å². The summed E-state index contributed by atoms with van der Waals surface area (Å²) >= 11 is 0. The molecule has 0 atom stereocenters. The Bertz CT molecular complexity index is 927. The number of benzene rings is 3. The molecule has 3 nitrogen and oxygen atoms in total. The van der Waals surface area contributed by atoms with Gasteiger partial charge < -0.3 is 9.47 Å². The van der Waals surface area contributed by atoms with Gasteiger partial charge in [-0.2, -0.15) is 0 Å². The standard InChI is InChI=1S/C23H23NO2/c1-24(17-18-11-12-22-23(16-18)26-15-14-25-22)13-5-9-20-8-4-7-19-6-2-3-10-21(19)20/h2-12,16H,13-15,17H2,1H3. The van der Waals surface area contributed by atoms with E-state index in [2.05, 4.69) is 78.7 Å². The minimum absolute atomic E-state index is 0.625. The van der Waals surface area contributed by atoms with Gasteiger partial charge in [0.2, 0.25) is 0 Å². The van der Waals surface area contributed by atoms with Gasteiger partial charge in [0.25, 0.3) is 0 Å². The summed E-state index contributed by atoms with van der Waals surface area (Å²) in [4.78, 5) is 2.28. The van der Waals surface area contributed by atoms with Crippen molar-refractivity contribution in [3.05, 3.63) is 77.9 Å². The SMILES string of the molecule is CN(CC=Cc1cccc2ccccc12)Cc1ccc2c(c1)OCCO2. The van der Waals surface area contributed by atoms with Crippen LogP contribution in [0.1, 0.15) is 11.1 Å². The van der Waals surface area contributed by atoms with Crippen LogP contribution in [0.5, 0.6) is 11.5 Å². The monoisotopic (exact) mass is 345 g/mol. The molecule has 3 aromatic carbocycles. The number of hydrogen-bond donors (Lipinski definition) is 0. The molecule has 1 aliphatic rings. The van der Waals surface area contributed by atoms with Gasteiger partial charge in [-0.1, -0.05) is 60.7 Å². The van der Waals surface area contributed by atoms with Crippen molar-refractivity contribution < 1.29 is 9.47 Å². The summed E-state index contributed by atoms with van der Waals surface area (Å²) in [6.45, 7) is 3.01. The number of rotatable bonds is 5. The Morgan fingerprint density at radius 3 is 2.65 bits per heavy atom. The maximum absolute atomic E-state index is 5.67. The number of ether oxygens (including phenoxy) is 2. The number of nitrogens with zero attached hydrogens (tertiary/aromatic N) is 1. The molecule has 26 heavy (non-hydrogen) atoms. The third-order valence-electron chi connectivity index (χ3n) is 4.60. The molecule has 0 amide bonds. The molecule has 3 heteroatoms. The first-order valence-electron chi connectivity index (χ1n) is 9.01. The molecular formula is C23H23NO2. The molecule has 0 saturated heterocycles. The molecule has 1 aliphatic heterocycles. The maximum Gasteiger partial charge on any atom is 0.161 e. The Balaban J connectivity index is 1.40. The quantitative estimate of drug-likeness (QED) is 0.666. The first kappa shape index (κ1) is 16.7.